The number of benzene rings is 1. The summed E-state index contributed by atoms with van der Waals surface area (Å²) in [6.07, 6.45) is 6.11. The van der Waals surface area contributed by atoms with Gasteiger partial charge in [0.25, 0.3) is 0 Å². The van der Waals surface area contributed by atoms with Gasteiger partial charge < -0.3 is 10.6 Å². The van der Waals surface area contributed by atoms with Gasteiger partial charge >= 0.3 is 0 Å². The minimum Gasteiger partial charge on any atom is -0.324 e. The molecule has 0 saturated heterocycles. The Balaban J connectivity index is 2.13. The highest BCUT2D eigenvalue weighted by Crippen LogP contribution is 2.27. The second-order valence-corrected chi connectivity index (χ2v) is 5.01. The lowest BCUT2D eigenvalue weighted by atomic mass is 10.0. The van der Waals surface area contributed by atoms with E-state index in [2.05, 4.69) is 10.6 Å². The van der Waals surface area contributed by atoms with Crippen molar-refractivity contribution >= 4 is 23.2 Å². The fourth-order valence-corrected chi connectivity index (χ4v) is 2.25. The second-order valence-electron chi connectivity index (χ2n) is 5.01. The maximum absolute atomic E-state index is 13.3. The molecule has 0 radical (unpaired) electrons. The summed E-state index contributed by atoms with van der Waals surface area (Å²) < 4.78 is 26.5. The van der Waals surface area contributed by atoms with Crippen molar-refractivity contribution in [3.63, 3.8) is 0 Å². The molecule has 1 aromatic rings. The Kier molecular flexibility index (Phi) is 4.67. The molecular formula is C15H16F2N2O2. The molecular weight excluding hydrogens is 278 g/mol. The number of hydrogen-bond acceptors (Lipinski definition) is 2. The standard InChI is InChI=1S/C15H16F2N2O2/c1-9(20)18-13-7-11(16)12(17)8-14(13)19-15(21)6-10-4-2-3-5-10/h2,4,7-8,10H,3,5-6H2,1H3,(H,18,20)(H,19,21)/t10-/m1/s1. The normalized spacial score (nSPS) is 16.8. The van der Waals surface area contributed by atoms with Crippen LogP contribution in [0.1, 0.15) is 26.2 Å². The first-order valence-electron chi connectivity index (χ1n) is 6.69. The van der Waals surface area contributed by atoms with Crippen LogP contribution in [0.4, 0.5) is 20.2 Å². The Bertz CT molecular complexity index is 600. The molecule has 1 aliphatic carbocycles. The van der Waals surface area contributed by atoms with E-state index >= 15 is 0 Å². The van der Waals surface area contributed by atoms with Gasteiger partial charge in [0.15, 0.2) is 11.6 Å². The van der Waals surface area contributed by atoms with Gasteiger partial charge in [0.05, 0.1) is 11.4 Å². The zero-order valence-electron chi connectivity index (χ0n) is 11.6. The van der Waals surface area contributed by atoms with Crippen molar-refractivity contribution in [2.45, 2.75) is 26.2 Å². The smallest absolute Gasteiger partial charge is 0.225 e. The summed E-state index contributed by atoms with van der Waals surface area (Å²) in [6.45, 7) is 1.25. The number of amides is 2. The lowest BCUT2D eigenvalue weighted by Gasteiger charge is -2.13. The van der Waals surface area contributed by atoms with E-state index in [1.54, 1.807) is 0 Å². The van der Waals surface area contributed by atoms with Crippen molar-refractivity contribution in [3.05, 3.63) is 35.9 Å². The number of carbonyl (C=O) groups is 2. The predicted octanol–water partition coefficient (Wildman–Crippen LogP) is 3.22. The molecule has 0 saturated carbocycles. The van der Waals surface area contributed by atoms with Crippen molar-refractivity contribution in [1.82, 2.24) is 0 Å². The zero-order valence-corrected chi connectivity index (χ0v) is 11.6. The largest absolute Gasteiger partial charge is 0.324 e. The van der Waals surface area contributed by atoms with Gasteiger partial charge in [-0.05, 0) is 18.8 Å². The predicted molar refractivity (Wildman–Crippen MR) is 75.8 cm³/mol. The number of nitrogens with one attached hydrogen (secondary N) is 2. The van der Waals surface area contributed by atoms with Gasteiger partial charge in [-0.1, -0.05) is 12.2 Å². The fourth-order valence-electron chi connectivity index (χ4n) is 2.25. The number of hydrogen-bond donors (Lipinski definition) is 2. The first-order chi connectivity index (χ1) is 9.95. The van der Waals surface area contributed by atoms with E-state index in [1.165, 1.54) is 6.92 Å². The number of anilines is 2. The summed E-state index contributed by atoms with van der Waals surface area (Å²) in [5, 5.41) is 4.88. The van der Waals surface area contributed by atoms with Gasteiger partial charge in [0.2, 0.25) is 11.8 Å². The van der Waals surface area contributed by atoms with Crippen LogP contribution in [-0.4, -0.2) is 11.8 Å². The highest BCUT2D eigenvalue weighted by molar-refractivity contribution is 5.99. The van der Waals surface area contributed by atoms with E-state index in [1.807, 2.05) is 12.2 Å². The van der Waals surface area contributed by atoms with Crippen molar-refractivity contribution in [3.8, 4) is 0 Å². The topological polar surface area (TPSA) is 58.2 Å². The Morgan fingerprint density at radius 3 is 2.33 bits per heavy atom. The van der Waals surface area contributed by atoms with Crippen LogP contribution in [0.5, 0.6) is 0 Å². The monoisotopic (exact) mass is 294 g/mol. The molecule has 0 fully saturated rings. The Hall–Kier alpha value is -2.24. The summed E-state index contributed by atoms with van der Waals surface area (Å²) in [5.41, 5.74) is 0.0905. The van der Waals surface area contributed by atoms with Crippen LogP contribution in [0.2, 0.25) is 0 Å². The highest BCUT2D eigenvalue weighted by atomic mass is 19.2. The molecule has 1 aromatic carbocycles. The number of carbonyl (C=O) groups excluding carboxylic acids is 2. The van der Waals surface area contributed by atoms with Crippen molar-refractivity contribution < 1.29 is 18.4 Å². The second kappa shape index (κ2) is 6.47. The van der Waals surface area contributed by atoms with Crippen LogP contribution >= 0.6 is 0 Å². The lowest BCUT2D eigenvalue weighted by molar-refractivity contribution is -0.117. The van der Waals surface area contributed by atoms with Crippen LogP contribution in [0, 0.1) is 17.6 Å². The Labute approximate surface area is 121 Å². The summed E-state index contributed by atoms with van der Waals surface area (Å²) in [5.74, 6) is -2.74. The van der Waals surface area contributed by atoms with Crippen LogP contribution in [0.3, 0.4) is 0 Å². The molecule has 4 nitrogen and oxygen atoms in total. The maximum Gasteiger partial charge on any atom is 0.225 e. The molecule has 1 atom stereocenters. The summed E-state index contributed by atoms with van der Waals surface area (Å²) in [7, 11) is 0. The molecule has 0 heterocycles. The quantitative estimate of drug-likeness (QED) is 0.838. The van der Waals surface area contributed by atoms with Crippen molar-refractivity contribution in [1.29, 1.82) is 0 Å². The Morgan fingerprint density at radius 1 is 1.19 bits per heavy atom. The van der Waals surface area contributed by atoms with Crippen LogP contribution in [0.15, 0.2) is 24.3 Å². The molecule has 0 aliphatic heterocycles. The summed E-state index contributed by atoms with van der Waals surface area (Å²) >= 11 is 0. The van der Waals surface area contributed by atoms with E-state index in [4.69, 9.17) is 0 Å². The lowest BCUT2D eigenvalue weighted by Crippen LogP contribution is -2.17. The number of halogens is 2. The highest BCUT2D eigenvalue weighted by Gasteiger charge is 2.17. The van der Waals surface area contributed by atoms with Gasteiger partial charge in [-0.25, -0.2) is 8.78 Å². The molecule has 2 amide bonds. The average Bonchev–Trinajstić information content (AvgIpc) is 2.87. The molecule has 112 valence electrons. The van der Waals surface area contributed by atoms with E-state index in [9.17, 15) is 18.4 Å². The maximum atomic E-state index is 13.3. The first kappa shape index (κ1) is 15.2. The fraction of sp³-hybridized carbons (Fsp3) is 0.333. The molecule has 2 N–H and O–H groups in total. The number of rotatable bonds is 4. The van der Waals surface area contributed by atoms with E-state index in [-0.39, 0.29) is 29.6 Å². The third-order valence-corrected chi connectivity index (χ3v) is 3.21. The third kappa shape index (κ3) is 4.11. The van der Waals surface area contributed by atoms with Gasteiger partial charge in [-0.3, -0.25) is 9.59 Å². The van der Waals surface area contributed by atoms with Crippen LogP contribution < -0.4 is 10.6 Å². The molecule has 0 bridgehead atoms. The van der Waals surface area contributed by atoms with Crippen LogP contribution in [0.25, 0.3) is 0 Å². The SMILES string of the molecule is CC(=O)Nc1cc(F)c(F)cc1NC(=O)C[C@@H]1C=CCC1. The van der Waals surface area contributed by atoms with Crippen molar-refractivity contribution in [2.75, 3.05) is 10.6 Å². The molecule has 6 heteroatoms. The minimum atomic E-state index is -1.09. The van der Waals surface area contributed by atoms with Crippen LogP contribution in [-0.2, 0) is 9.59 Å². The van der Waals surface area contributed by atoms with Gasteiger partial charge in [-0.2, -0.15) is 0 Å². The molecule has 0 aromatic heterocycles. The van der Waals surface area contributed by atoms with Gasteiger partial charge in [-0.15, -0.1) is 0 Å². The average molecular weight is 294 g/mol. The van der Waals surface area contributed by atoms with Crippen molar-refractivity contribution in [2.24, 2.45) is 5.92 Å². The molecule has 2 rings (SSSR count). The number of allylic oxidation sites excluding steroid dienone is 2. The molecule has 0 unspecified atom stereocenters. The molecule has 21 heavy (non-hydrogen) atoms. The van der Waals surface area contributed by atoms with E-state index < -0.39 is 17.5 Å². The minimum absolute atomic E-state index is 0.0386. The zero-order chi connectivity index (χ0) is 15.4. The van der Waals surface area contributed by atoms with E-state index in [0.717, 1.165) is 25.0 Å². The summed E-state index contributed by atoms with van der Waals surface area (Å²) in [6, 6.07) is 1.71. The third-order valence-electron chi connectivity index (χ3n) is 3.21. The van der Waals surface area contributed by atoms with Gasteiger partial charge in [0.1, 0.15) is 0 Å². The van der Waals surface area contributed by atoms with Gasteiger partial charge in [0, 0.05) is 25.5 Å². The van der Waals surface area contributed by atoms with E-state index in [0.29, 0.717) is 0 Å². The molecule has 0 spiro atoms. The Morgan fingerprint density at radius 2 is 1.81 bits per heavy atom. The molecule has 1 aliphatic rings. The summed E-state index contributed by atoms with van der Waals surface area (Å²) in [4.78, 5) is 23.0. The first-order valence-corrected chi connectivity index (χ1v) is 6.69.